The summed E-state index contributed by atoms with van der Waals surface area (Å²) in [6.07, 6.45) is 0.546. The third kappa shape index (κ3) is 4.68. The topological polar surface area (TPSA) is 45.7 Å². The van der Waals surface area contributed by atoms with Crippen LogP contribution in [0.2, 0.25) is 5.02 Å². The van der Waals surface area contributed by atoms with Gasteiger partial charge >= 0.3 is 0 Å². The van der Waals surface area contributed by atoms with Crippen molar-refractivity contribution in [1.82, 2.24) is 9.88 Å². The van der Waals surface area contributed by atoms with Crippen LogP contribution >= 0.6 is 34.7 Å². The third-order valence-corrected chi connectivity index (χ3v) is 7.73. The number of carbonyl (C=O) groups is 1. The number of ether oxygens (including phenoxy) is 1. The van der Waals surface area contributed by atoms with Crippen molar-refractivity contribution in [2.75, 3.05) is 43.9 Å². The van der Waals surface area contributed by atoms with E-state index in [1.807, 2.05) is 35.2 Å². The number of hydrogen-bond acceptors (Lipinski definition) is 6. The highest BCUT2D eigenvalue weighted by atomic mass is 35.5. The fraction of sp³-hybridized carbons (Fsp3) is 0.364. The normalized spacial score (nSPS) is 14.4. The smallest absolute Gasteiger partial charge is 0.223 e. The van der Waals surface area contributed by atoms with Crippen molar-refractivity contribution in [3.05, 3.63) is 47.0 Å². The van der Waals surface area contributed by atoms with Gasteiger partial charge in [-0.3, -0.25) is 4.79 Å². The number of anilines is 1. The van der Waals surface area contributed by atoms with E-state index < -0.39 is 0 Å². The lowest BCUT2D eigenvalue weighted by Crippen LogP contribution is -2.48. The van der Waals surface area contributed by atoms with Crippen LogP contribution in [0.5, 0.6) is 5.75 Å². The second-order valence-corrected chi connectivity index (χ2v) is 9.76. The Bertz CT molecular complexity index is 1030. The zero-order valence-corrected chi connectivity index (χ0v) is 19.4. The van der Waals surface area contributed by atoms with Crippen LogP contribution in [0.15, 0.2) is 41.3 Å². The number of aryl methyl sites for hydroxylation is 1. The summed E-state index contributed by atoms with van der Waals surface area (Å²) in [7, 11) is 1.68. The van der Waals surface area contributed by atoms with Crippen molar-refractivity contribution < 1.29 is 9.53 Å². The highest BCUT2D eigenvalue weighted by Gasteiger charge is 2.23. The van der Waals surface area contributed by atoms with Crippen LogP contribution in [0.4, 0.5) is 5.13 Å². The van der Waals surface area contributed by atoms with E-state index in [0.717, 1.165) is 58.2 Å². The Morgan fingerprint density at radius 3 is 2.60 bits per heavy atom. The number of aromatic nitrogens is 1. The van der Waals surface area contributed by atoms with Gasteiger partial charge in [0.2, 0.25) is 5.91 Å². The van der Waals surface area contributed by atoms with Gasteiger partial charge in [-0.1, -0.05) is 29.0 Å². The van der Waals surface area contributed by atoms with Crippen LogP contribution in [0.25, 0.3) is 10.2 Å². The summed E-state index contributed by atoms with van der Waals surface area (Å²) in [6.45, 7) is 5.17. The molecule has 1 saturated heterocycles. The second-order valence-electron chi connectivity index (χ2n) is 7.18. The van der Waals surface area contributed by atoms with E-state index in [2.05, 4.69) is 17.9 Å². The van der Waals surface area contributed by atoms with Crippen LogP contribution < -0.4 is 9.64 Å². The van der Waals surface area contributed by atoms with Crippen LogP contribution in [0.3, 0.4) is 0 Å². The molecule has 1 aromatic heterocycles. The Labute approximate surface area is 190 Å². The minimum absolute atomic E-state index is 0.220. The molecular weight excluding hydrogens is 438 g/mol. The Kier molecular flexibility index (Phi) is 6.71. The van der Waals surface area contributed by atoms with E-state index in [1.165, 1.54) is 10.3 Å². The molecule has 0 atom stereocenters. The molecule has 4 rings (SSSR count). The first-order valence-corrected chi connectivity index (χ1v) is 12.1. The van der Waals surface area contributed by atoms with E-state index in [0.29, 0.717) is 6.42 Å². The fourth-order valence-corrected chi connectivity index (χ4v) is 5.56. The molecule has 0 saturated carbocycles. The van der Waals surface area contributed by atoms with Crippen molar-refractivity contribution in [1.29, 1.82) is 0 Å². The third-order valence-electron chi connectivity index (χ3n) is 5.21. The molecule has 0 N–H and O–H groups in total. The van der Waals surface area contributed by atoms with Gasteiger partial charge in [0.25, 0.3) is 0 Å². The number of rotatable bonds is 6. The summed E-state index contributed by atoms with van der Waals surface area (Å²) in [4.78, 5) is 22.8. The molecule has 1 aliphatic heterocycles. The molecule has 2 heterocycles. The molecule has 0 radical (unpaired) electrons. The van der Waals surface area contributed by atoms with E-state index >= 15 is 0 Å². The van der Waals surface area contributed by atoms with E-state index in [4.69, 9.17) is 21.3 Å². The maximum Gasteiger partial charge on any atom is 0.223 e. The second kappa shape index (κ2) is 9.45. The number of carbonyl (C=O) groups excluding carboxylic acids is 1. The highest BCUT2D eigenvalue weighted by Crippen LogP contribution is 2.36. The number of benzene rings is 2. The van der Waals surface area contributed by atoms with Crippen LogP contribution in [0, 0.1) is 6.92 Å². The summed E-state index contributed by atoms with van der Waals surface area (Å²) in [5.74, 6) is 1.81. The summed E-state index contributed by atoms with van der Waals surface area (Å²) >= 11 is 9.31. The minimum Gasteiger partial charge on any atom is -0.494 e. The summed E-state index contributed by atoms with van der Waals surface area (Å²) in [5, 5.41) is 1.73. The number of fused-ring (bicyclic) bond motifs is 1. The Hall–Kier alpha value is -1.96. The van der Waals surface area contributed by atoms with Gasteiger partial charge in [-0.05, 0) is 42.8 Å². The maximum absolute atomic E-state index is 12.6. The van der Waals surface area contributed by atoms with Gasteiger partial charge in [-0.15, -0.1) is 11.8 Å². The van der Waals surface area contributed by atoms with Crippen molar-refractivity contribution in [3.63, 3.8) is 0 Å². The molecule has 0 aliphatic carbocycles. The summed E-state index contributed by atoms with van der Waals surface area (Å²) < 4.78 is 6.64. The van der Waals surface area contributed by atoms with Gasteiger partial charge in [-0.2, -0.15) is 0 Å². The van der Waals surface area contributed by atoms with E-state index in [9.17, 15) is 4.79 Å². The molecule has 30 heavy (non-hydrogen) atoms. The van der Waals surface area contributed by atoms with Crippen LogP contribution in [0.1, 0.15) is 12.0 Å². The lowest BCUT2D eigenvalue weighted by Gasteiger charge is -2.34. The molecule has 0 spiro atoms. The summed E-state index contributed by atoms with van der Waals surface area (Å²) in [6, 6.07) is 11.8. The van der Waals surface area contributed by atoms with Crippen molar-refractivity contribution in [2.24, 2.45) is 0 Å². The number of amides is 1. The predicted molar refractivity (Wildman–Crippen MR) is 126 cm³/mol. The number of methoxy groups -OCH3 is 1. The zero-order chi connectivity index (χ0) is 21.1. The quantitative estimate of drug-likeness (QED) is 0.478. The van der Waals surface area contributed by atoms with Crippen LogP contribution in [-0.4, -0.2) is 54.8 Å². The standard InChI is InChI=1S/C22H24ClN3O2S2/c1-15-3-8-18(28-2)20-21(15)30-22(24-20)26-12-10-25(11-13-26)19(27)9-14-29-17-6-4-16(23)5-7-17/h3-8H,9-14H2,1-2H3. The monoisotopic (exact) mass is 461 g/mol. The van der Waals surface area contributed by atoms with Gasteiger partial charge in [0.05, 0.1) is 11.8 Å². The molecule has 0 unspecified atom stereocenters. The molecule has 1 fully saturated rings. The largest absolute Gasteiger partial charge is 0.494 e. The molecule has 3 aromatic rings. The lowest BCUT2D eigenvalue weighted by molar-refractivity contribution is -0.131. The number of halogens is 1. The molecule has 5 nitrogen and oxygen atoms in total. The van der Waals surface area contributed by atoms with Crippen LogP contribution in [-0.2, 0) is 4.79 Å². The van der Waals surface area contributed by atoms with E-state index in [-0.39, 0.29) is 5.91 Å². The maximum atomic E-state index is 12.6. The molecule has 2 aromatic carbocycles. The Morgan fingerprint density at radius 2 is 1.90 bits per heavy atom. The average molecular weight is 462 g/mol. The Morgan fingerprint density at radius 1 is 1.17 bits per heavy atom. The minimum atomic E-state index is 0.220. The first-order chi connectivity index (χ1) is 14.5. The molecule has 1 amide bonds. The van der Waals surface area contributed by atoms with Gasteiger partial charge in [0.1, 0.15) is 11.3 Å². The zero-order valence-electron chi connectivity index (χ0n) is 17.1. The molecule has 8 heteroatoms. The SMILES string of the molecule is COc1ccc(C)c2sc(N3CCN(C(=O)CCSc4ccc(Cl)cc4)CC3)nc12. The van der Waals surface area contributed by atoms with Gasteiger partial charge in [0.15, 0.2) is 5.13 Å². The lowest BCUT2D eigenvalue weighted by atomic mass is 10.2. The van der Waals surface area contributed by atoms with Gasteiger partial charge in [0, 0.05) is 48.3 Å². The van der Waals surface area contributed by atoms with Crippen molar-refractivity contribution in [2.45, 2.75) is 18.2 Å². The highest BCUT2D eigenvalue weighted by molar-refractivity contribution is 7.99. The number of piperazine rings is 1. The number of thiazole rings is 1. The Balaban J connectivity index is 1.31. The molecule has 0 bridgehead atoms. The first kappa shape index (κ1) is 21.3. The first-order valence-electron chi connectivity index (χ1n) is 9.90. The average Bonchev–Trinajstić information content (AvgIpc) is 3.22. The predicted octanol–water partition coefficient (Wildman–Crippen LogP) is 5.10. The van der Waals surface area contributed by atoms with Gasteiger partial charge in [-0.25, -0.2) is 4.98 Å². The summed E-state index contributed by atoms with van der Waals surface area (Å²) in [5.41, 5.74) is 2.14. The number of nitrogens with zero attached hydrogens (tertiary/aromatic N) is 3. The van der Waals surface area contributed by atoms with Crippen molar-refractivity contribution in [3.8, 4) is 5.75 Å². The molecule has 1 aliphatic rings. The van der Waals surface area contributed by atoms with E-state index in [1.54, 1.807) is 30.2 Å². The van der Waals surface area contributed by atoms with Crippen molar-refractivity contribution >= 4 is 56.0 Å². The fourth-order valence-electron chi connectivity index (χ4n) is 3.49. The number of thioether (sulfide) groups is 1. The number of hydrogen-bond donors (Lipinski definition) is 0. The molecule has 158 valence electrons. The van der Waals surface area contributed by atoms with Gasteiger partial charge < -0.3 is 14.5 Å². The molecular formula is C22H24ClN3O2S2.